The normalized spacial score (nSPS) is 11.4. The summed E-state index contributed by atoms with van der Waals surface area (Å²) in [4.78, 5) is 49.6. The van der Waals surface area contributed by atoms with Gasteiger partial charge in [-0.2, -0.15) is 0 Å². The van der Waals surface area contributed by atoms with Crippen LogP contribution in [0.2, 0.25) is 0 Å². The molecule has 0 aliphatic carbocycles. The summed E-state index contributed by atoms with van der Waals surface area (Å²) in [7, 11) is 0. The zero-order valence-electron chi connectivity index (χ0n) is 22.5. The number of carboxylic acids is 1. The number of hydrogen-bond acceptors (Lipinski definition) is 6. The minimum Gasteiger partial charge on any atom is -0.507 e. The molecule has 4 rings (SSSR count). The van der Waals surface area contributed by atoms with E-state index in [2.05, 4.69) is 4.98 Å². The molecule has 0 unspecified atom stereocenters. The highest BCUT2D eigenvalue weighted by atomic mass is 16.5. The second-order valence-corrected chi connectivity index (χ2v) is 9.50. The molecule has 0 aliphatic heterocycles. The standard InChI is InChI=1S/C32H30N2O7/c1-2-26-27(17-21-7-4-3-5-8-21)34(32(40)33-30(26)37)20-41-19-23-13-11-22(12-14-23)15-24-9-6-10-25(16-24)28(35)18-29(36)31(38)39/h3-14,16,18,35H,2,15,17,19-20H2,1H3,(H,38,39)(H,33,37,40)/b28-18-. The van der Waals surface area contributed by atoms with E-state index in [4.69, 9.17) is 9.84 Å². The molecule has 1 aromatic heterocycles. The minimum absolute atomic E-state index is 0.0132. The summed E-state index contributed by atoms with van der Waals surface area (Å²) in [5.74, 6) is -3.25. The highest BCUT2D eigenvalue weighted by molar-refractivity contribution is 6.38. The van der Waals surface area contributed by atoms with Crippen LogP contribution < -0.4 is 11.2 Å². The Morgan fingerprint density at radius 3 is 2.20 bits per heavy atom. The van der Waals surface area contributed by atoms with Crippen molar-refractivity contribution >= 4 is 17.5 Å². The van der Waals surface area contributed by atoms with Crippen molar-refractivity contribution in [1.29, 1.82) is 0 Å². The number of hydrogen-bond donors (Lipinski definition) is 3. The SMILES string of the molecule is CCc1c(Cc2ccccc2)n(COCc2ccc(Cc3cccc(/C(O)=C/C(=O)C(=O)O)c3)cc2)c(=O)[nH]c1=O. The van der Waals surface area contributed by atoms with E-state index in [9.17, 15) is 24.3 Å². The fourth-order valence-corrected chi connectivity index (χ4v) is 4.50. The van der Waals surface area contributed by atoms with Crippen molar-refractivity contribution in [3.63, 3.8) is 0 Å². The lowest BCUT2D eigenvalue weighted by atomic mass is 10.0. The molecular weight excluding hydrogens is 524 g/mol. The number of nitrogens with zero attached hydrogens (tertiary/aromatic N) is 1. The molecule has 0 saturated carbocycles. The molecule has 9 nitrogen and oxygen atoms in total. The molecule has 210 valence electrons. The highest BCUT2D eigenvalue weighted by Crippen LogP contribution is 2.18. The zero-order chi connectivity index (χ0) is 29.4. The number of aromatic nitrogens is 2. The van der Waals surface area contributed by atoms with Gasteiger partial charge < -0.3 is 14.9 Å². The number of aromatic amines is 1. The highest BCUT2D eigenvalue weighted by Gasteiger charge is 2.15. The average Bonchev–Trinajstić information content (AvgIpc) is 2.96. The molecule has 4 aromatic rings. The fraction of sp³-hybridized carbons (Fsp3) is 0.188. The maximum Gasteiger partial charge on any atom is 0.376 e. The average molecular weight is 555 g/mol. The van der Waals surface area contributed by atoms with E-state index in [0.29, 0.717) is 42.2 Å². The molecule has 0 aliphatic rings. The fourth-order valence-electron chi connectivity index (χ4n) is 4.50. The van der Waals surface area contributed by atoms with Crippen LogP contribution in [0.5, 0.6) is 0 Å². The van der Waals surface area contributed by atoms with Crippen LogP contribution in [0.15, 0.2) is 94.5 Å². The van der Waals surface area contributed by atoms with E-state index >= 15 is 0 Å². The Morgan fingerprint density at radius 2 is 1.51 bits per heavy atom. The Labute approximate surface area is 236 Å². The molecule has 9 heteroatoms. The number of benzene rings is 3. The number of ether oxygens (including phenoxy) is 1. The molecule has 1 heterocycles. The predicted molar refractivity (Wildman–Crippen MR) is 154 cm³/mol. The van der Waals surface area contributed by atoms with Gasteiger partial charge in [-0.15, -0.1) is 0 Å². The van der Waals surface area contributed by atoms with Crippen molar-refractivity contribution in [2.24, 2.45) is 0 Å². The van der Waals surface area contributed by atoms with Gasteiger partial charge in [-0.05, 0) is 41.2 Å². The molecule has 0 bridgehead atoms. The van der Waals surface area contributed by atoms with Crippen molar-refractivity contribution in [3.05, 3.63) is 145 Å². The molecule has 3 N–H and O–H groups in total. The lowest BCUT2D eigenvalue weighted by Gasteiger charge is -2.16. The van der Waals surface area contributed by atoms with E-state index in [1.54, 1.807) is 18.2 Å². The van der Waals surface area contributed by atoms with E-state index in [-0.39, 0.29) is 18.9 Å². The Hall–Kier alpha value is -5.02. The van der Waals surface area contributed by atoms with Gasteiger partial charge in [0.25, 0.3) is 11.3 Å². The summed E-state index contributed by atoms with van der Waals surface area (Å²) in [6, 6.07) is 24.2. The lowest BCUT2D eigenvalue weighted by Crippen LogP contribution is -2.36. The van der Waals surface area contributed by atoms with E-state index in [0.717, 1.165) is 22.3 Å². The van der Waals surface area contributed by atoms with Crippen LogP contribution in [0.25, 0.3) is 5.76 Å². The van der Waals surface area contributed by atoms with Crippen molar-refractivity contribution in [3.8, 4) is 0 Å². The molecule has 0 fully saturated rings. The Morgan fingerprint density at radius 1 is 0.854 bits per heavy atom. The number of carboxylic acid groups (broad SMARTS) is 1. The first kappa shape index (κ1) is 29.0. The van der Waals surface area contributed by atoms with E-state index in [1.165, 1.54) is 4.57 Å². The third kappa shape index (κ3) is 7.55. The Kier molecular flexibility index (Phi) is 9.44. The Bertz CT molecular complexity index is 1680. The summed E-state index contributed by atoms with van der Waals surface area (Å²) in [5.41, 5.74) is 4.40. The Balaban J connectivity index is 1.42. The second-order valence-electron chi connectivity index (χ2n) is 9.50. The zero-order valence-corrected chi connectivity index (χ0v) is 22.5. The van der Waals surface area contributed by atoms with Gasteiger partial charge in [-0.25, -0.2) is 9.59 Å². The summed E-state index contributed by atoms with van der Waals surface area (Å²) in [6.45, 7) is 2.12. The van der Waals surface area contributed by atoms with Crippen molar-refractivity contribution in [2.75, 3.05) is 0 Å². The largest absolute Gasteiger partial charge is 0.507 e. The third-order valence-electron chi connectivity index (χ3n) is 6.60. The molecule has 3 aromatic carbocycles. The van der Waals surface area contributed by atoms with Gasteiger partial charge in [0.15, 0.2) is 0 Å². The van der Waals surface area contributed by atoms with Gasteiger partial charge in [-0.3, -0.25) is 19.1 Å². The van der Waals surface area contributed by atoms with Crippen molar-refractivity contribution < 1.29 is 24.5 Å². The van der Waals surface area contributed by atoms with Gasteiger partial charge in [0.1, 0.15) is 12.5 Å². The van der Waals surface area contributed by atoms with Crippen molar-refractivity contribution in [1.82, 2.24) is 9.55 Å². The lowest BCUT2D eigenvalue weighted by molar-refractivity contribution is -0.146. The number of nitrogens with one attached hydrogen (secondary N) is 1. The van der Waals surface area contributed by atoms with Crippen molar-refractivity contribution in [2.45, 2.75) is 39.5 Å². The second kappa shape index (κ2) is 13.4. The van der Waals surface area contributed by atoms with Gasteiger partial charge in [0.05, 0.1) is 6.61 Å². The number of carbonyl (C=O) groups excluding carboxylic acids is 1. The van der Waals surface area contributed by atoms with Crippen LogP contribution in [-0.4, -0.2) is 31.5 Å². The molecular formula is C32H30N2O7. The molecule has 0 radical (unpaired) electrons. The quantitative estimate of drug-likeness (QED) is 0.137. The first-order valence-corrected chi connectivity index (χ1v) is 13.1. The monoisotopic (exact) mass is 554 g/mol. The topological polar surface area (TPSA) is 139 Å². The van der Waals surface area contributed by atoms with Gasteiger partial charge in [-0.1, -0.05) is 79.7 Å². The first-order chi connectivity index (χ1) is 19.7. The molecule has 0 atom stereocenters. The number of aliphatic hydroxyl groups excluding tert-OH is 1. The first-order valence-electron chi connectivity index (χ1n) is 13.1. The number of aliphatic carboxylic acids is 1. The molecule has 0 saturated heterocycles. The van der Waals surface area contributed by atoms with Crippen LogP contribution >= 0.6 is 0 Å². The van der Waals surface area contributed by atoms with Crippen LogP contribution in [0.1, 0.15) is 46.0 Å². The van der Waals surface area contributed by atoms with Gasteiger partial charge in [0, 0.05) is 29.3 Å². The van der Waals surface area contributed by atoms with Crippen LogP contribution in [0, 0.1) is 0 Å². The molecule has 41 heavy (non-hydrogen) atoms. The number of rotatable bonds is 12. The number of ketones is 1. The summed E-state index contributed by atoms with van der Waals surface area (Å²) < 4.78 is 7.37. The minimum atomic E-state index is -1.64. The smallest absolute Gasteiger partial charge is 0.376 e. The number of H-pyrrole nitrogens is 1. The van der Waals surface area contributed by atoms with E-state index in [1.807, 2.05) is 67.6 Å². The van der Waals surface area contributed by atoms with Gasteiger partial charge in [0.2, 0.25) is 0 Å². The summed E-state index contributed by atoms with van der Waals surface area (Å²) in [6.07, 6.45) is 2.15. The van der Waals surface area contributed by atoms with Crippen LogP contribution in [0.3, 0.4) is 0 Å². The summed E-state index contributed by atoms with van der Waals surface area (Å²) >= 11 is 0. The maximum atomic E-state index is 12.7. The predicted octanol–water partition coefficient (Wildman–Crippen LogP) is 4.01. The van der Waals surface area contributed by atoms with Crippen LogP contribution in [0.4, 0.5) is 0 Å². The van der Waals surface area contributed by atoms with Crippen LogP contribution in [-0.2, 0) is 46.9 Å². The third-order valence-corrected chi connectivity index (χ3v) is 6.60. The summed E-state index contributed by atoms with van der Waals surface area (Å²) in [5, 5.41) is 18.8. The number of aliphatic hydroxyl groups is 1. The van der Waals surface area contributed by atoms with E-state index < -0.39 is 23.2 Å². The van der Waals surface area contributed by atoms with Gasteiger partial charge >= 0.3 is 11.7 Å². The molecule has 0 spiro atoms. The molecule has 0 amide bonds. The maximum absolute atomic E-state index is 12.7. The number of carbonyl (C=O) groups is 2.